The summed E-state index contributed by atoms with van der Waals surface area (Å²) in [7, 11) is -6.17. The third-order valence-corrected chi connectivity index (χ3v) is 2.76. The zero-order chi connectivity index (χ0) is 13.5. The van der Waals surface area contributed by atoms with Gasteiger partial charge in [-0.2, -0.15) is 8.42 Å². The average Bonchev–Trinajstić information content (AvgIpc) is 2.16. The van der Waals surface area contributed by atoms with Crippen molar-refractivity contribution in [2.45, 2.75) is 5.75 Å². The van der Waals surface area contributed by atoms with Crippen LogP contribution in [0.2, 0.25) is 0 Å². The van der Waals surface area contributed by atoms with Gasteiger partial charge in [0, 0.05) is 6.26 Å². The molecule has 0 aromatic heterocycles. The third kappa shape index (κ3) is 11.3. The van der Waals surface area contributed by atoms with Gasteiger partial charge >= 0.3 is 10.4 Å². The second kappa shape index (κ2) is 6.70. The van der Waals surface area contributed by atoms with Crippen LogP contribution in [-0.2, 0) is 30.2 Å². The molecule has 0 unspecified atom stereocenters. The first-order valence-corrected chi connectivity index (χ1v) is 7.81. The van der Waals surface area contributed by atoms with Crippen molar-refractivity contribution in [1.29, 1.82) is 0 Å². The van der Waals surface area contributed by atoms with Crippen molar-refractivity contribution in [2.75, 3.05) is 13.4 Å². The van der Waals surface area contributed by atoms with E-state index in [4.69, 9.17) is 4.55 Å². The second-order valence-corrected chi connectivity index (χ2v) is 6.48. The molecule has 1 rings (SSSR count). The summed E-state index contributed by atoms with van der Waals surface area (Å²) in [5.74, 6) is 0.133. The third-order valence-electron chi connectivity index (χ3n) is 1.48. The van der Waals surface area contributed by atoms with Crippen LogP contribution in [0.4, 0.5) is 0 Å². The fraction of sp³-hybridized carbons (Fsp3) is 0.333. The molecule has 0 fully saturated rings. The summed E-state index contributed by atoms with van der Waals surface area (Å²) in [6.07, 6.45) is 1.24. The summed E-state index contributed by atoms with van der Waals surface area (Å²) < 4.78 is 51.3. The van der Waals surface area contributed by atoms with Crippen LogP contribution < -0.4 is 0 Å². The second-order valence-electron chi connectivity index (χ2n) is 3.15. The van der Waals surface area contributed by atoms with Crippen molar-refractivity contribution in [1.82, 2.24) is 0 Å². The van der Waals surface area contributed by atoms with E-state index in [9.17, 15) is 16.8 Å². The zero-order valence-electron chi connectivity index (χ0n) is 9.40. The van der Waals surface area contributed by atoms with Crippen molar-refractivity contribution in [3.05, 3.63) is 35.9 Å². The predicted molar refractivity (Wildman–Crippen MR) is 63.5 cm³/mol. The fourth-order valence-electron chi connectivity index (χ4n) is 0.877. The molecule has 0 atom stereocenters. The summed E-state index contributed by atoms with van der Waals surface area (Å²) in [5, 5.41) is 0. The monoisotopic (exact) mass is 282 g/mol. The summed E-state index contributed by atoms with van der Waals surface area (Å²) >= 11 is 0. The van der Waals surface area contributed by atoms with E-state index in [1.165, 1.54) is 6.26 Å². The Balaban J connectivity index is 0.000000366. The van der Waals surface area contributed by atoms with Crippen LogP contribution in [0, 0.1) is 0 Å². The van der Waals surface area contributed by atoms with Crippen LogP contribution in [0.15, 0.2) is 30.3 Å². The van der Waals surface area contributed by atoms with E-state index in [0.29, 0.717) is 0 Å². The van der Waals surface area contributed by atoms with Gasteiger partial charge in [-0.1, -0.05) is 30.3 Å². The minimum Gasteiger partial charge on any atom is -0.264 e. The number of rotatable bonds is 3. The van der Waals surface area contributed by atoms with E-state index in [0.717, 1.165) is 12.7 Å². The number of sulfone groups is 1. The van der Waals surface area contributed by atoms with Gasteiger partial charge < -0.3 is 0 Å². The lowest BCUT2D eigenvalue weighted by Gasteiger charge is -1.96. The molecule has 8 heteroatoms. The van der Waals surface area contributed by atoms with Crippen molar-refractivity contribution in [2.24, 2.45) is 0 Å². The average molecular weight is 282 g/mol. The van der Waals surface area contributed by atoms with E-state index < -0.39 is 20.2 Å². The molecule has 1 N–H and O–H groups in total. The molecule has 1 aromatic rings. The molecular formula is C9H14O6S2. The van der Waals surface area contributed by atoms with Crippen molar-refractivity contribution in [3.63, 3.8) is 0 Å². The van der Waals surface area contributed by atoms with Crippen molar-refractivity contribution < 1.29 is 25.6 Å². The Morgan fingerprint density at radius 2 is 1.53 bits per heavy atom. The normalized spacial score (nSPS) is 11.5. The molecule has 1 aromatic carbocycles. The van der Waals surface area contributed by atoms with E-state index in [-0.39, 0.29) is 5.75 Å². The fourth-order valence-corrected chi connectivity index (χ4v) is 1.67. The Kier molecular flexibility index (Phi) is 6.32. The van der Waals surface area contributed by atoms with E-state index in [2.05, 4.69) is 4.18 Å². The van der Waals surface area contributed by atoms with E-state index >= 15 is 0 Å². The molecule has 0 radical (unpaired) electrons. The smallest absolute Gasteiger partial charge is 0.264 e. The van der Waals surface area contributed by atoms with Gasteiger partial charge in [0.25, 0.3) is 0 Å². The maximum Gasteiger partial charge on any atom is 0.397 e. The van der Waals surface area contributed by atoms with Crippen LogP contribution in [0.25, 0.3) is 0 Å². The highest BCUT2D eigenvalue weighted by atomic mass is 32.3. The first-order valence-electron chi connectivity index (χ1n) is 4.39. The maximum absolute atomic E-state index is 10.8. The van der Waals surface area contributed by atoms with Gasteiger partial charge in [0.05, 0.1) is 12.9 Å². The summed E-state index contributed by atoms with van der Waals surface area (Å²) in [4.78, 5) is 0. The van der Waals surface area contributed by atoms with Gasteiger partial charge in [0.15, 0.2) is 9.84 Å². The lowest BCUT2D eigenvalue weighted by atomic mass is 10.2. The Hall–Kier alpha value is -0.960. The highest BCUT2D eigenvalue weighted by molar-refractivity contribution is 7.89. The molecule has 0 bridgehead atoms. The van der Waals surface area contributed by atoms with Gasteiger partial charge in [-0.05, 0) is 5.56 Å². The van der Waals surface area contributed by atoms with Gasteiger partial charge in [0.1, 0.15) is 0 Å². The summed E-state index contributed by atoms with van der Waals surface area (Å²) in [6, 6.07) is 9.15. The maximum atomic E-state index is 10.8. The molecule has 98 valence electrons. The summed E-state index contributed by atoms with van der Waals surface area (Å²) in [6.45, 7) is 0. The lowest BCUT2D eigenvalue weighted by Crippen LogP contribution is -1.99. The number of hydrogen-bond acceptors (Lipinski definition) is 5. The minimum atomic E-state index is -4.16. The van der Waals surface area contributed by atoms with Gasteiger partial charge in [-0.25, -0.2) is 8.42 Å². The van der Waals surface area contributed by atoms with Crippen molar-refractivity contribution in [3.8, 4) is 0 Å². The molecule has 0 aliphatic carbocycles. The van der Waals surface area contributed by atoms with Gasteiger partial charge in [-0.15, -0.1) is 0 Å². The quantitative estimate of drug-likeness (QED) is 0.818. The molecule has 0 amide bonds. The molecule has 0 saturated carbocycles. The molecule has 17 heavy (non-hydrogen) atoms. The molecule has 0 spiro atoms. The highest BCUT2D eigenvalue weighted by Crippen LogP contribution is 2.02. The first-order chi connectivity index (χ1) is 7.64. The largest absolute Gasteiger partial charge is 0.397 e. The summed E-state index contributed by atoms with van der Waals surface area (Å²) in [5.41, 5.74) is 0.843. The Labute approximate surface area is 101 Å². The molecule has 6 nitrogen and oxygen atoms in total. The van der Waals surface area contributed by atoms with Gasteiger partial charge in [-0.3, -0.25) is 8.74 Å². The Morgan fingerprint density at radius 1 is 1.12 bits per heavy atom. The molecule has 0 aliphatic rings. The van der Waals surface area contributed by atoms with Crippen molar-refractivity contribution >= 4 is 20.2 Å². The van der Waals surface area contributed by atoms with Crippen LogP contribution in [-0.4, -0.2) is 34.8 Å². The first kappa shape index (κ1) is 16.0. The van der Waals surface area contributed by atoms with E-state index in [1.807, 2.05) is 18.2 Å². The molecule has 0 heterocycles. The van der Waals surface area contributed by atoms with Crippen LogP contribution in [0.1, 0.15) is 5.56 Å². The van der Waals surface area contributed by atoms with Crippen LogP contribution in [0.5, 0.6) is 0 Å². The minimum absolute atomic E-state index is 0.133. The Bertz CT molecular complexity index is 518. The predicted octanol–water partition coefficient (Wildman–Crippen LogP) is 0.667. The number of benzene rings is 1. The highest BCUT2D eigenvalue weighted by Gasteiger charge is 2.01. The molecule has 0 aliphatic heterocycles. The standard InChI is InChI=1S/C8H10O2S.CH4O4S/c1-11(9,10)7-8-5-3-2-4-6-8;1-5-6(2,3)4/h2-6H,7H2,1H3;1H3,(H,2,3,4). The SMILES string of the molecule is COS(=O)(=O)O.CS(=O)(=O)Cc1ccccc1. The molecular weight excluding hydrogens is 268 g/mol. The molecule has 0 saturated heterocycles. The topological polar surface area (TPSA) is 97.7 Å². The van der Waals surface area contributed by atoms with E-state index in [1.54, 1.807) is 12.1 Å². The van der Waals surface area contributed by atoms with Crippen LogP contribution in [0.3, 0.4) is 0 Å². The lowest BCUT2D eigenvalue weighted by molar-refractivity contribution is 0.324. The van der Waals surface area contributed by atoms with Gasteiger partial charge in [0.2, 0.25) is 0 Å². The zero-order valence-corrected chi connectivity index (χ0v) is 11.0. The number of hydrogen-bond donors (Lipinski definition) is 1. The van der Waals surface area contributed by atoms with Crippen LogP contribution >= 0.6 is 0 Å². The Morgan fingerprint density at radius 3 is 1.82 bits per heavy atom.